The fraction of sp³-hybridized carbons (Fsp3) is 0.333. The van der Waals surface area contributed by atoms with Crippen LogP contribution in [-0.4, -0.2) is 39.4 Å². The van der Waals surface area contributed by atoms with Crippen LogP contribution in [0.3, 0.4) is 0 Å². The molecule has 1 saturated heterocycles. The molecule has 1 fully saturated rings. The maximum absolute atomic E-state index is 12.5. The lowest BCUT2D eigenvalue weighted by atomic mass is 10.1. The number of anilines is 1. The van der Waals surface area contributed by atoms with Gasteiger partial charge in [-0.05, 0) is 12.1 Å². The normalized spacial score (nSPS) is 14.1. The standard InChI is InChI=1S/C17H17NO5.CH4/c1-3-11-8-12(17(20)21-2)9-13-14(19)10-15(23-16(11)13)18-4-6-22-7-5-18;/h3,8-10H,1,4-7H2,2H3;1H4. The van der Waals surface area contributed by atoms with Crippen molar-refractivity contribution in [3.8, 4) is 0 Å². The van der Waals surface area contributed by atoms with Crippen molar-refractivity contribution in [2.75, 3.05) is 38.3 Å². The van der Waals surface area contributed by atoms with Crippen LogP contribution >= 0.6 is 0 Å². The van der Waals surface area contributed by atoms with Gasteiger partial charge < -0.3 is 18.8 Å². The molecule has 0 radical (unpaired) electrons. The second kappa shape index (κ2) is 7.31. The summed E-state index contributed by atoms with van der Waals surface area (Å²) in [5, 5.41) is 0.333. The molecule has 1 aromatic carbocycles. The Bertz CT molecular complexity index is 818. The Kier molecular flexibility index (Phi) is 5.41. The first kappa shape index (κ1) is 17.7. The molecule has 128 valence electrons. The highest BCUT2D eigenvalue weighted by Crippen LogP contribution is 2.25. The molecular weight excluding hydrogens is 310 g/mol. The third-order valence-corrected chi connectivity index (χ3v) is 3.81. The van der Waals surface area contributed by atoms with Gasteiger partial charge in [-0.2, -0.15) is 0 Å². The SMILES string of the molecule is C.C=Cc1cc(C(=O)OC)cc2c(=O)cc(N3CCOCC3)oc12. The summed E-state index contributed by atoms with van der Waals surface area (Å²) in [6, 6.07) is 4.54. The number of hydrogen-bond acceptors (Lipinski definition) is 6. The van der Waals surface area contributed by atoms with Crippen LogP contribution in [0.2, 0.25) is 0 Å². The summed E-state index contributed by atoms with van der Waals surface area (Å²) in [6.45, 7) is 6.25. The van der Waals surface area contributed by atoms with E-state index in [1.54, 1.807) is 12.1 Å². The number of esters is 1. The first-order valence-corrected chi connectivity index (χ1v) is 7.29. The van der Waals surface area contributed by atoms with E-state index in [1.165, 1.54) is 19.2 Å². The molecule has 6 nitrogen and oxygen atoms in total. The summed E-state index contributed by atoms with van der Waals surface area (Å²) < 4.78 is 15.9. The number of morpholine rings is 1. The summed E-state index contributed by atoms with van der Waals surface area (Å²) in [4.78, 5) is 26.2. The Morgan fingerprint density at radius 3 is 2.62 bits per heavy atom. The second-order valence-electron chi connectivity index (χ2n) is 5.19. The molecule has 24 heavy (non-hydrogen) atoms. The van der Waals surface area contributed by atoms with Crippen molar-refractivity contribution in [2.24, 2.45) is 0 Å². The first-order valence-electron chi connectivity index (χ1n) is 7.29. The average Bonchev–Trinajstić information content (AvgIpc) is 2.61. The number of benzene rings is 1. The molecule has 0 atom stereocenters. The van der Waals surface area contributed by atoms with Crippen molar-refractivity contribution in [3.05, 3.63) is 46.1 Å². The predicted molar refractivity (Wildman–Crippen MR) is 93.7 cm³/mol. The summed E-state index contributed by atoms with van der Waals surface area (Å²) in [7, 11) is 1.30. The summed E-state index contributed by atoms with van der Waals surface area (Å²) in [5.74, 6) is -0.00799. The van der Waals surface area contributed by atoms with Crippen LogP contribution < -0.4 is 10.3 Å². The quantitative estimate of drug-likeness (QED) is 0.806. The highest BCUT2D eigenvalue weighted by atomic mass is 16.5. The molecule has 0 saturated carbocycles. The van der Waals surface area contributed by atoms with Gasteiger partial charge >= 0.3 is 5.97 Å². The molecule has 0 bridgehead atoms. The van der Waals surface area contributed by atoms with Crippen LogP contribution in [0.25, 0.3) is 17.0 Å². The Morgan fingerprint density at radius 1 is 1.29 bits per heavy atom. The second-order valence-corrected chi connectivity index (χ2v) is 5.19. The maximum Gasteiger partial charge on any atom is 0.337 e. The van der Waals surface area contributed by atoms with Gasteiger partial charge in [0.2, 0.25) is 0 Å². The molecule has 2 aromatic rings. The summed E-state index contributed by atoms with van der Waals surface area (Å²) in [6.07, 6.45) is 1.56. The van der Waals surface area contributed by atoms with Crippen LogP contribution in [0.5, 0.6) is 0 Å². The van der Waals surface area contributed by atoms with Crippen molar-refractivity contribution in [3.63, 3.8) is 0 Å². The zero-order valence-corrected chi connectivity index (χ0v) is 12.8. The Balaban J connectivity index is 0.00000208. The van der Waals surface area contributed by atoms with Gasteiger partial charge in [0.15, 0.2) is 11.3 Å². The predicted octanol–water partition coefficient (Wildman–Crippen LogP) is 2.70. The van der Waals surface area contributed by atoms with Crippen LogP contribution in [0.1, 0.15) is 23.3 Å². The fourth-order valence-corrected chi connectivity index (χ4v) is 2.60. The first-order chi connectivity index (χ1) is 11.1. The zero-order valence-electron chi connectivity index (χ0n) is 12.8. The summed E-state index contributed by atoms with van der Waals surface area (Å²) in [5.41, 5.74) is 1.08. The Morgan fingerprint density at radius 2 is 2.00 bits per heavy atom. The maximum atomic E-state index is 12.5. The van der Waals surface area contributed by atoms with E-state index in [2.05, 4.69) is 6.58 Å². The molecule has 0 unspecified atom stereocenters. The third kappa shape index (κ3) is 3.19. The van der Waals surface area contributed by atoms with E-state index in [0.717, 1.165) is 0 Å². The molecule has 0 spiro atoms. The molecule has 0 N–H and O–H groups in total. The van der Waals surface area contributed by atoms with Crippen LogP contribution in [0.4, 0.5) is 5.88 Å². The van der Waals surface area contributed by atoms with Crippen molar-refractivity contribution < 1.29 is 18.7 Å². The van der Waals surface area contributed by atoms with E-state index >= 15 is 0 Å². The van der Waals surface area contributed by atoms with Crippen molar-refractivity contribution in [1.29, 1.82) is 0 Å². The molecule has 1 aliphatic heterocycles. The monoisotopic (exact) mass is 331 g/mol. The van der Waals surface area contributed by atoms with Gasteiger partial charge in [0.05, 0.1) is 31.3 Å². The van der Waals surface area contributed by atoms with Crippen LogP contribution in [0.15, 0.2) is 34.0 Å². The number of fused-ring (bicyclic) bond motifs is 1. The number of methoxy groups -OCH3 is 1. The fourth-order valence-electron chi connectivity index (χ4n) is 2.60. The number of ether oxygens (including phenoxy) is 2. The van der Waals surface area contributed by atoms with E-state index in [0.29, 0.717) is 54.3 Å². The lowest BCUT2D eigenvalue weighted by Gasteiger charge is -2.27. The summed E-state index contributed by atoms with van der Waals surface area (Å²) >= 11 is 0. The molecule has 3 rings (SSSR count). The molecule has 6 heteroatoms. The molecule has 0 amide bonds. The minimum atomic E-state index is -0.508. The van der Waals surface area contributed by atoms with Gasteiger partial charge in [-0.1, -0.05) is 20.1 Å². The number of carbonyl (C=O) groups excluding carboxylic acids is 1. The average molecular weight is 331 g/mol. The van der Waals surface area contributed by atoms with Crippen molar-refractivity contribution in [1.82, 2.24) is 0 Å². The number of rotatable bonds is 3. The smallest absolute Gasteiger partial charge is 0.337 e. The Hall–Kier alpha value is -2.60. The highest BCUT2D eigenvalue weighted by molar-refractivity contribution is 5.97. The van der Waals surface area contributed by atoms with Gasteiger partial charge in [-0.15, -0.1) is 0 Å². The van der Waals surface area contributed by atoms with Crippen molar-refractivity contribution >= 4 is 28.9 Å². The number of carbonyl (C=O) groups is 1. The minimum absolute atomic E-state index is 0. The minimum Gasteiger partial charge on any atom is -0.465 e. The van der Waals surface area contributed by atoms with Crippen LogP contribution in [-0.2, 0) is 9.47 Å². The lowest BCUT2D eigenvalue weighted by Crippen LogP contribution is -2.36. The van der Waals surface area contributed by atoms with E-state index < -0.39 is 5.97 Å². The lowest BCUT2D eigenvalue weighted by molar-refractivity contribution is 0.0601. The largest absolute Gasteiger partial charge is 0.465 e. The number of nitrogens with zero attached hydrogens (tertiary/aromatic N) is 1. The van der Waals surface area contributed by atoms with Crippen LogP contribution in [0, 0.1) is 0 Å². The highest BCUT2D eigenvalue weighted by Gasteiger charge is 2.18. The van der Waals surface area contributed by atoms with Gasteiger partial charge in [0.25, 0.3) is 0 Å². The van der Waals surface area contributed by atoms with Crippen molar-refractivity contribution in [2.45, 2.75) is 7.43 Å². The topological polar surface area (TPSA) is 69.0 Å². The molecule has 0 aliphatic carbocycles. The van der Waals surface area contributed by atoms with Gasteiger partial charge in [0.1, 0.15) is 5.58 Å². The van der Waals surface area contributed by atoms with E-state index in [4.69, 9.17) is 13.9 Å². The van der Waals surface area contributed by atoms with E-state index in [9.17, 15) is 9.59 Å². The van der Waals surface area contributed by atoms with Gasteiger partial charge in [0, 0.05) is 24.7 Å². The van der Waals surface area contributed by atoms with Gasteiger partial charge in [-0.25, -0.2) is 4.79 Å². The molecule has 1 aromatic heterocycles. The zero-order chi connectivity index (χ0) is 16.4. The third-order valence-electron chi connectivity index (χ3n) is 3.81. The van der Waals surface area contributed by atoms with E-state index in [1.807, 2.05) is 4.90 Å². The van der Waals surface area contributed by atoms with E-state index in [-0.39, 0.29) is 12.9 Å². The molecule has 2 heterocycles. The molecule has 1 aliphatic rings. The Labute approximate surface area is 140 Å². The number of hydrogen-bond donors (Lipinski definition) is 0. The molecular formula is C18H21NO5. The van der Waals surface area contributed by atoms with Gasteiger partial charge in [-0.3, -0.25) is 4.79 Å².